The Hall–Kier alpha value is -1.02. The van der Waals surface area contributed by atoms with Gasteiger partial charge in [-0.05, 0) is 6.42 Å². The predicted molar refractivity (Wildman–Crippen MR) is 49.7 cm³/mol. The van der Waals surface area contributed by atoms with Crippen molar-refractivity contribution in [2.75, 3.05) is 4.72 Å². The van der Waals surface area contributed by atoms with Crippen LogP contribution in [0.25, 0.3) is 0 Å². The zero-order valence-electron chi connectivity index (χ0n) is 7.61. The first kappa shape index (κ1) is 10.5. The third-order valence-electron chi connectivity index (χ3n) is 2.24. The van der Waals surface area contributed by atoms with Crippen molar-refractivity contribution in [3.63, 3.8) is 0 Å². The number of fused-ring (bicyclic) bond motifs is 1. The summed E-state index contributed by atoms with van der Waals surface area (Å²) in [5.41, 5.74) is -0.392. The fourth-order valence-corrected chi connectivity index (χ4v) is 2.02. The van der Waals surface area contributed by atoms with E-state index in [4.69, 9.17) is 4.55 Å². The Morgan fingerprint density at radius 3 is 3.07 bits per heavy atom. The Morgan fingerprint density at radius 1 is 1.67 bits per heavy atom. The third-order valence-corrected chi connectivity index (χ3v) is 2.64. The molecule has 1 aromatic heterocycles. The number of anilines is 1. The molecule has 0 radical (unpaired) electrons. The first-order chi connectivity index (χ1) is 7.00. The standard InChI is InChI=1S/C7H9F2N3O2S/c8-7(9)2-1-3-12-6(7)5(4-10-12)11-15(13)14/h4,11H,1-3H2,(H,13,14). The highest BCUT2D eigenvalue weighted by molar-refractivity contribution is 7.80. The Bertz CT molecular complexity index is 407. The molecule has 0 aromatic carbocycles. The molecule has 84 valence electrons. The van der Waals surface area contributed by atoms with Gasteiger partial charge in [-0.3, -0.25) is 14.0 Å². The molecule has 0 bridgehead atoms. The molecule has 1 aliphatic rings. The van der Waals surface area contributed by atoms with Crippen LogP contribution in [-0.2, 0) is 23.7 Å². The number of hydrogen-bond donors (Lipinski definition) is 2. The molecule has 1 unspecified atom stereocenters. The molecule has 0 saturated heterocycles. The van der Waals surface area contributed by atoms with Gasteiger partial charge in [0.2, 0.25) is 0 Å². The van der Waals surface area contributed by atoms with Crippen LogP contribution in [0.1, 0.15) is 18.5 Å². The fourth-order valence-electron chi connectivity index (χ4n) is 1.68. The largest absolute Gasteiger partial charge is 0.291 e. The summed E-state index contributed by atoms with van der Waals surface area (Å²) in [6, 6.07) is 0. The van der Waals surface area contributed by atoms with E-state index in [1.54, 1.807) is 0 Å². The van der Waals surface area contributed by atoms with Crippen LogP contribution in [0.3, 0.4) is 0 Å². The molecule has 1 atom stereocenters. The Kier molecular flexibility index (Phi) is 2.47. The van der Waals surface area contributed by atoms with Gasteiger partial charge in [0.05, 0.1) is 11.9 Å². The van der Waals surface area contributed by atoms with E-state index >= 15 is 0 Å². The molecule has 0 aliphatic carbocycles. The monoisotopic (exact) mass is 237 g/mol. The van der Waals surface area contributed by atoms with Gasteiger partial charge in [0.1, 0.15) is 5.69 Å². The summed E-state index contributed by atoms with van der Waals surface area (Å²) in [5.74, 6) is -2.99. The van der Waals surface area contributed by atoms with Crippen molar-refractivity contribution in [3.8, 4) is 0 Å². The second-order valence-electron chi connectivity index (χ2n) is 3.29. The van der Waals surface area contributed by atoms with E-state index in [2.05, 4.69) is 5.10 Å². The molecule has 0 amide bonds. The average molecular weight is 237 g/mol. The number of nitrogens with zero attached hydrogens (tertiary/aromatic N) is 2. The van der Waals surface area contributed by atoms with Crippen LogP contribution in [0.15, 0.2) is 6.20 Å². The maximum Gasteiger partial charge on any atom is 0.291 e. The Labute approximate surface area is 86.9 Å². The van der Waals surface area contributed by atoms with Gasteiger partial charge in [-0.1, -0.05) is 0 Å². The number of aryl methyl sites for hydroxylation is 1. The first-order valence-electron chi connectivity index (χ1n) is 4.32. The topological polar surface area (TPSA) is 67.2 Å². The van der Waals surface area contributed by atoms with E-state index in [-0.39, 0.29) is 17.8 Å². The quantitative estimate of drug-likeness (QED) is 0.762. The SMILES string of the molecule is O=S(O)Nc1cnn2c1C(F)(F)CCC2. The minimum absolute atomic E-state index is 0.0828. The summed E-state index contributed by atoms with van der Waals surface area (Å²) in [6.07, 6.45) is 1.23. The number of nitrogens with one attached hydrogen (secondary N) is 1. The second-order valence-corrected chi connectivity index (χ2v) is 3.99. The van der Waals surface area contributed by atoms with Crippen molar-refractivity contribution in [2.45, 2.75) is 25.3 Å². The van der Waals surface area contributed by atoms with Crippen LogP contribution in [0, 0.1) is 0 Å². The molecule has 0 fully saturated rings. The predicted octanol–water partition coefficient (Wildman–Crippen LogP) is 1.32. The lowest BCUT2D eigenvalue weighted by molar-refractivity contribution is -0.0356. The maximum absolute atomic E-state index is 13.5. The van der Waals surface area contributed by atoms with Crippen molar-refractivity contribution in [1.82, 2.24) is 9.78 Å². The van der Waals surface area contributed by atoms with Crippen LogP contribution in [0.5, 0.6) is 0 Å². The lowest BCUT2D eigenvalue weighted by Crippen LogP contribution is -2.26. The van der Waals surface area contributed by atoms with Gasteiger partial charge in [0.15, 0.2) is 0 Å². The molecular weight excluding hydrogens is 228 g/mol. The van der Waals surface area contributed by atoms with Gasteiger partial charge < -0.3 is 0 Å². The molecule has 5 nitrogen and oxygen atoms in total. The highest BCUT2D eigenvalue weighted by Crippen LogP contribution is 2.40. The number of hydrogen-bond acceptors (Lipinski definition) is 2. The molecule has 0 saturated carbocycles. The average Bonchev–Trinajstić information content (AvgIpc) is 2.48. The zero-order chi connectivity index (χ0) is 11.1. The van der Waals surface area contributed by atoms with Gasteiger partial charge in [-0.15, -0.1) is 0 Å². The van der Waals surface area contributed by atoms with E-state index in [0.717, 1.165) is 6.20 Å². The molecule has 2 heterocycles. The molecule has 2 N–H and O–H groups in total. The van der Waals surface area contributed by atoms with Gasteiger partial charge in [-0.2, -0.15) is 13.9 Å². The number of alkyl halides is 2. The molecule has 2 rings (SSSR count). The van der Waals surface area contributed by atoms with E-state index < -0.39 is 17.2 Å². The smallest absolute Gasteiger partial charge is 0.289 e. The van der Waals surface area contributed by atoms with Gasteiger partial charge in [-0.25, -0.2) is 4.21 Å². The summed E-state index contributed by atoms with van der Waals surface area (Å²) in [4.78, 5) is 0. The summed E-state index contributed by atoms with van der Waals surface area (Å²) in [7, 11) is 0. The van der Waals surface area contributed by atoms with Crippen LogP contribution >= 0.6 is 0 Å². The van der Waals surface area contributed by atoms with Gasteiger partial charge in [0, 0.05) is 13.0 Å². The van der Waals surface area contributed by atoms with E-state index in [0.29, 0.717) is 13.0 Å². The van der Waals surface area contributed by atoms with Crippen LogP contribution in [-0.4, -0.2) is 18.5 Å². The highest BCUT2D eigenvalue weighted by Gasteiger charge is 2.40. The van der Waals surface area contributed by atoms with Gasteiger partial charge >= 0.3 is 0 Å². The van der Waals surface area contributed by atoms with E-state index in [1.165, 1.54) is 4.68 Å². The molecule has 1 aliphatic heterocycles. The normalized spacial score (nSPS) is 20.7. The highest BCUT2D eigenvalue weighted by atomic mass is 32.2. The maximum atomic E-state index is 13.5. The van der Waals surface area contributed by atoms with E-state index in [1.807, 2.05) is 4.72 Å². The molecule has 0 spiro atoms. The minimum atomic E-state index is -2.99. The van der Waals surface area contributed by atoms with Crippen LogP contribution in [0.4, 0.5) is 14.5 Å². The molecule has 8 heteroatoms. The fraction of sp³-hybridized carbons (Fsp3) is 0.571. The van der Waals surface area contributed by atoms with Gasteiger partial charge in [0.25, 0.3) is 17.2 Å². The Balaban J connectivity index is 2.42. The lowest BCUT2D eigenvalue weighted by Gasteiger charge is -2.24. The van der Waals surface area contributed by atoms with Crippen molar-refractivity contribution in [3.05, 3.63) is 11.9 Å². The minimum Gasteiger partial charge on any atom is -0.289 e. The number of aromatic nitrogens is 2. The number of rotatable bonds is 2. The van der Waals surface area contributed by atoms with Crippen molar-refractivity contribution < 1.29 is 17.5 Å². The third kappa shape index (κ3) is 1.86. The number of halogens is 2. The summed E-state index contributed by atoms with van der Waals surface area (Å²) in [5, 5.41) is 3.73. The summed E-state index contributed by atoms with van der Waals surface area (Å²) in [6.45, 7) is 0.407. The first-order valence-corrected chi connectivity index (χ1v) is 5.43. The second kappa shape index (κ2) is 3.53. The van der Waals surface area contributed by atoms with Crippen molar-refractivity contribution >= 4 is 17.0 Å². The molecule has 15 heavy (non-hydrogen) atoms. The zero-order valence-corrected chi connectivity index (χ0v) is 8.43. The molecule has 1 aromatic rings. The van der Waals surface area contributed by atoms with Crippen LogP contribution < -0.4 is 4.72 Å². The summed E-state index contributed by atoms with van der Waals surface area (Å²) >= 11 is -2.36. The van der Waals surface area contributed by atoms with E-state index in [9.17, 15) is 13.0 Å². The summed E-state index contributed by atoms with van der Waals surface area (Å²) < 4.78 is 49.2. The molecular formula is C7H9F2N3O2S. The lowest BCUT2D eigenvalue weighted by atomic mass is 10.1. The van der Waals surface area contributed by atoms with Crippen molar-refractivity contribution in [1.29, 1.82) is 0 Å². The Morgan fingerprint density at radius 2 is 2.40 bits per heavy atom. The van der Waals surface area contributed by atoms with Crippen LogP contribution in [0.2, 0.25) is 0 Å². The van der Waals surface area contributed by atoms with Crippen molar-refractivity contribution in [2.24, 2.45) is 0 Å².